The van der Waals surface area contributed by atoms with Crippen LogP contribution in [0.3, 0.4) is 0 Å². The van der Waals surface area contributed by atoms with E-state index in [0.29, 0.717) is 12.1 Å². The van der Waals surface area contributed by atoms with Crippen LogP contribution >= 0.6 is 0 Å². The van der Waals surface area contributed by atoms with Crippen LogP contribution < -0.4 is 0 Å². The predicted molar refractivity (Wildman–Crippen MR) is 69.7 cm³/mol. The lowest BCUT2D eigenvalue weighted by atomic mass is 10.2. The molecule has 0 fully saturated rings. The Morgan fingerprint density at radius 3 is 2.74 bits per heavy atom. The Labute approximate surface area is 111 Å². The SMILES string of the molecule is CCOC(=O)c1nn(Cc2ccccc2)cc1CO. The van der Waals surface area contributed by atoms with Gasteiger partial charge in [0.2, 0.25) is 0 Å². The summed E-state index contributed by atoms with van der Waals surface area (Å²) in [5.41, 5.74) is 1.74. The van der Waals surface area contributed by atoms with Crippen LogP contribution in [0, 0.1) is 0 Å². The lowest BCUT2D eigenvalue weighted by Gasteiger charge is -2.01. The van der Waals surface area contributed by atoms with Crippen molar-refractivity contribution in [3.63, 3.8) is 0 Å². The van der Waals surface area contributed by atoms with Gasteiger partial charge in [0.25, 0.3) is 0 Å². The molecule has 19 heavy (non-hydrogen) atoms. The normalized spacial score (nSPS) is 10.4. The van der Waals surface area contributed by atoms with Gasteiger partial charge >= 0.3 is 5.97 Å². The minimum Gasteiger partial charge on any atom is -0.461 e. The van der Waals surface area contributed by atoms with Crippen LogP contribution in [0.5, 0.6) is 0 Å². The summed E-state index contributed by atoms with van der Waals surface area (Å²) >= 11 is 0. The summed E-state index contributed by atoms with van der Waals surface area (Å²) in [6, 6.07) is 9.78. The number of aromatic nitrogens is 2. The van der Waals surface area contributed by atoms with E-state index < -0.39 is 5.97 Å². The molecule has 0 aliphatic carbocycles. The van der Waals surface area contributed by atoms with Crippen molar-refractivity contribution in [2.75, 3.05) is 6.61 Å². The number of aliphatic hydroxyl groups excluding tert-OH is 1. The van der Waals surface area contributed by atoms with Crippen LogP contribution in [0.15, 0.2) is 36.5 Å². The summed E-state index contributed by atoms with van der Waals surface area (Å²) < 4.78 is 6.54. The number of carbonyl (C=O) groups excluding carboxylic acids is 1. The first-order chi connectivity index (χ1) is 9.24. The second-order valence-electron chi connectivity index (χ2n) is 4.06. The maximum absolute atomic E-state index is 11.7. The fraction of sp³-hybridized carbons (Fsp3) is 0.286. The average Bonchev–Trinajstić information content (AvgIpc) is 2.83. The van der Waals surface area contributed by atoms with Crippen LogP contribution in [0.2, 0.25) is 0 Å². The van der Waals surface area contributed by atoms with E-state index in [9.17, 15) is 9.90 Å². The van der Waals surface area contributed by atoms with Crippen LogP contribution in [0.1, 0.15) is 28.5 Å². The molecule has 0 unspecified atom stereocenters. The number of aliphatic hydroxyl groups is 1. The standard InChI is InChI=1S/C14H16N2O3/c1-2-19-14(18)13-12(10-17)9-16(15-13)8-11-6-4-3-5-7-11/h3-7,9,17H,2,8,10H2,1H3. The van der Waals surface area contributed by atoms with Gasteiger partial charge < -0.3 is 9.84 Å². The summed E-state index contributed by atoms with van der Waals surface area (Å²) in [5.74, 6) is -0.502. The lowest BCUT2D eigenvalue weighted by molar-refractivity contribution is 0.0515. The largest absolute Gasteiger partial charge is 0.461 e. The summed E-state index contributed by atoms with van der Waals surface area (Å²) in [4.78, 5) is 11.7. The summed E-state index contributed by atoms with van der Waals surface area (Å²) in [7, 11) is 0. The third kappa shape index (κ3) is 3.20. The molecule has 2 rings (SSSR count). The Bertz CT molecular complexity index is 549. The van der Waals surface area contributed by atoms with Crippen molar-refractivity contribution in [2.45, 2.75) is 20.1 Å². The maximum Gasteiger partial charge on any atom is 0.359 e. The van der Waals surface area contributed by atoms with Gasteiger partial charge in [0.15, 0.2) is 5.69 Å². The van der Waals surface area contributed by atoms with Gasteiger partial charge in [-0.05, 0) is 12.5 Å². The molecule has 0 amide bonds. The summed E-state index contributed by atoms with van der Waals surface area (Å²) in [5, 5.41) is 13.4. The monoisotopic (exact) mass is 260 g/mol. The number of hydrogen-bond acceptors (Lipinski definition) is 4. The number of ether oxygens (including phenoxy) is 1. The molecule has 0 atom stereocenters. The molecule has 1 heterocycles. The molecular weight excluding hydrogens is 244 g/mol. The fourth-order valence-electron chi connectivity index (χ4n) is 1.80. The molecular formula is C14H16N2O3. The van der Waals surface area contributed by atoms with Crippen molar-refractivity contribution in [3.05, 3.63) is 53.3 Å². The number of benzene rings is 1. The maximum atomic E-state index is 11.7. The van der Waals surface area contributed by atoms with Gasteiger partial charge in [0.05, 0.1) is 19.8 Å². The Morgan fingerprint density at radius 2 is 2.11 bits per heavy atom. The van der Waals surface area contributed by atoms with Gasteiger partial charge in [-0.1, -0.05) is 30.3 Å². The highest BCUT2D eigenvalue weighted by Gasteiger charge is 2.17. The first kappa shape index (κ1) is 13.3. The topological polar surface area (TPSA) is 64.3 Å². The van der Waals surface area contributed by atoms with Crippen molar-refractivity contribution < 1.29 is 14.6 Å². The molecule has 0 radical (unpaired) electrons. The smallest absolute Gasteiger partial charge is 0.359 e. The van der Waals surface area contributed by atoms with Crippen LogP contribution in [-0.2, 0) is 17.9 Å². The number of nitrogens with zero attached hydrogens (tertiary/aromatic N) is 2. The molecule has 0 bridgehead atoms. The van der Waals surface area contributed by atoms with E-state index in [4.69, 9.17) is 4.74 Å². The van der Waals surface area contributed by atoms with Crippen molar-refractivity contribution in [1.82, 2.24) is 9.78 Å². The van der Waals surface area contributed by atoms with Crippen LogP contribution in [-0.4, -0.2) is 27.5 Å². The summed E-state index contributed by atoms with van der Waals surface area (Å²) in [6.45, 7) is 2.34. The van der Waals surface area contributed by atoms with Gasteiger partial charge in [-0.15, -0.1) is 0 Å². The van der Waals surface area contributed by atoms with Crippen molar-refractivity contribution >= 4 is 5.97 Å². The zero-order chi connectivity index (χ0) is 13.7. The first-order valence-corrected chi connectivity index (χ1v) is 6.12. The molecule has 5 heteroatoms. The highest BCUT2D eigenvalue weighted by Crippen LogP contribution is 2.11. The molecule has 100 valence electrons. The molecule has 0 spiro atoms. The molecule has 0 aliphatic rings. The number of esters is 1. The Kier molecular flexibility index (Phi) is 4.30. The van der Waals surface area contributed by atoms with Crippen molar-refractivity contribution in [2.24, 2.45) is 0 Å². The van der Waals surface area contributed by atoms with E-state index in [2.05, 4.69) is 5.10 Å². The molecule has 2 aromatic rings. The highest BCUT2D eigenvalue weighted by molar-refractivity contribution is 5.88. The molecule has 0 aliphatic heterocycles. The van der Waals surface area contributed by atoms with Gasteiger partial charge in [0.1, 0.15) is 0 Å². The average molecular weight is 260 g/mol. The van der Waals surface area contributed by atoms with E-state index in [1.165, 1.54) is 0 Å². The molecule has 5 nitrogen and oxygen atoms in total. The van der Waals surface area contributed by atoms with Crippen molar-refractivity contribution in [3.8, 4) is 0 Å². The van der Waals surface area contributed by atoms with E-state index in [1.807, 2.05) is 30.3 Å². The Hall–Kier alpha value is -2.14. The zero-order valence-corrected chi connectivity index (χ0v) is 10.7. The van der Waals surface area contributed by atoms with Crippen molar-refractivity contribution in [1.29, 1.82) is 0 Å². The summed E-state index contributed by atoms with van der Waals surface area (Å²) in [6.07, 6.45) is 1.67. The zero-order valence-electron chi connectivity index (χ0n) is 10.7. The first-order valence-electron chi connectivity index (χ1n) is 6.12. The van der Waals surface area contributed by atoms with E-state index in [-0.39, 0.29) is 18.9 Å². The molecule has 1 aromatic carbocycles. The number of carbonyl (C=O) groups is 1. The number of rotatable bonds is 5. The molecule has 1 aromatic heterocycles. The fourth-order valence-corrected chi connectivity index (χ4v) is 1.80. The van der Waals surface area contributed by atoms with E-state index in [1.54, 1.807) is 17.8 Å². The molecule has 0 saturated carbocycles. The lowest BCUT2D eigenvalue weighted by Crippen LogP contribution is -2.09. The minimum absolute atomic E-state index is 0.181. The van der Waals surface area contributed by atoms with Crippen LogP contribution in [0.25, 0.3) is 0 Å². The van der Waals surface area contributed by atoms with Crippen LogP contribution in [0.4, 0.5) is 0 Å². The second kappa shape index (κ2) is 6.15. The highest BCUT2D eigenvalue weighted by atomic mass is 16.5. The Balaban J connectivity index is 2.21. The quantitative estimate of drug-likeness (QED) is 0.829. The molecule has 1 N–H and O–H groups in total. The van der Waals surface area contributed by atoms with Gasteiger partial charge in [-0.2, -0.15) is 5.10 Å². The third-order valence-electron chi connectivity index (χ3n) is 2.66. The van der Waals surface area contributed by atoms with Gasteiger partial charge in [-0.25, -0.2) is 4.79 Å². The van der Waals surface area contributed by atoms with Gasteiger partial charge in [0, 0.05) is 11.8 Å². The predicted octanol–water partition coefficient (Wildman–Crippen LogP) is 1.60. The second-order valence-corrected chi connectivity index (χ2v) is 4.06. The van der Waals surface area contributed by atoms with E-state index in [0.717, 1.165) is 5.56 Å². The van der Waals surface area contributed by atoms with E-state index >= 15 is 0 Å². The third-order valence-corrected chi connectivity index (χ3v) is 2.66. The van der Waals surface area contributed by atoms with Gasteiger partial charge in [-0.3, -0.25) is 4.68 Å². The molecule has 0 saturated heterocycles. The Morgan fingerprint density at radius 1 is 1.37 bits per heavy atom. The number of hydrogen-bond donors (Lipinski definition) is 1. The minimum atomic E-state index is -0.502.